The quantitative estimate of drug-likeness (QED) is 0.220. The number of nitrogens with zero attached hydrogens (tertiary/aromatic N) is 1. The smallest absolute Gasteiger partial charge is 0.412 e. The molecular weight excluding hydrogens is 523 g/mol. The second-order valence-electron chi connectivity index (χ2n) is 8.48. The van der Waals surface area contributed by atoms with Crippen LogP contribution < -0.4 is 21.3 Å². The molecule has 38 heavy (non-hydrogen) atoms. The van der Waals surface area contributed by atoms with Crippen molar-refractivity contribution in [2.45, 2.75) is 31.9 Å². The zero-order chi connectivity index (χ0) is 27.3. The van der Waals surface area contributed by atoms with Crippen molar-refractivity contribution in [2.75, 3.05) is 31.6 Å². The number of carbonyl (C=O) groups is 2. The van der Waals surface area contributed by atoms with Crippen LogP contribution in [0.15, 0.2) is 54.7 Å². The van der Waals surface area contributed by atoms with Crippen LogP contribution in [0.5, 0.6) is 0 Å². The first-order valence-corrected chi connectivity index (χ1v) is 12.4. The molecule has 0 radical (unpaired) electrons. The Balaban J connectivity index is 1.50. The molecule has 1 atom stereocenters. The number of amides is 2. The number of hydrogen-bond acceptors (Lipinski definition) is 6. The number of hydrogen-bond donors (Lipinski definition) is 4. The second-order valence-corrected chi connectivity index (χ2v) is 8.89. The normalized spacial score (nSPS) is 11.9. The van der Waals surface area contributed by atoms with Gasteiger partial charge in [0.1, 0.15) is 18.2 Å². The lowest BCUT2D eigenvalue weighted by atomic mass is 10.1. The van der Waals surface area contributed by atoms with E-state index in [0.29, 0.717) is 41.7 Å². The van der Waals surface area contributed by atoms with E-state index in [1.54, 1.807) is 12.1 Å². The van der Waals surface area contributed by atoms with Crippen molar-refractivity contribution in [3.05, 3.63) is 71.1 Å². The fourth-order valence-corrected chi connectivity index (χ4v) is 3.81. The molecule has 204 valence electrons. The summed E-state index contributed by atoms with van der Waals surface area (Å²) in [5.74, 6) is -0.571. The van der Waals surface area contributed by atoms with Crippen molar-refractivity contribution >= 4 is 40.2 Å². The van der Waals surface area contributed by atoms with Gasteiger partial charge in [0.25, 0.3) is 6.43 Å². The summed E-state index contributed by atoms with van der Waals surface area (Å²) in [6.07, 6.45) is -0.918. The molecule has 0 spiro atoms. The standard InChI is InChI=1S/C26H29ClF3N5O3/c27-22-6-2-1-4-18(22)12-32-15-25(36)34-21(5-3-9-31-14-23(29)30)16-38-26(37)35-24-11-19-10-20(28)8-7-17(19)13-33-24/h1-2,4,6-8,10-11,13,21,23,31-32H,3,5,9,12,14-16H2,(H,34,36)(H,33,35,37)/t21-/m0/s1. The molecule has 0 fully saturated rings. The Morgan fingerprint density at radius 2 is 1.87 bits per heavy atom. The highest BCUT2D eigenvalue weighted by molar-refractivity contribution is 6.31. The van der Waals surface area contributed by atoms with E-state index < -0.39 is 30.9 Å². The first-order chi connectivity index (χ1) is 18.3. The van der Waals surface area contributed by atoms with Crippen molar-refractivity contribution in [2.24, 2.45) is 0 Å². The van der Waals surface area contributed by atoms with E-state index in [-0.39, 0.29) is 24.9 Å². The van der Waals surface area contributed by atoms with E-state index in [2.05, 4.69) is 26.3 Å². The minimum atomic E-state index is -2.46. The van der Waals surface area contributed by atoms with Crippen LogP contribution in [0.4, 0.5) is 23.8 Å². The predicted molar refractivity (Wildman–Crippen MR) is 140 cm³/mol. The van der Waals surface area contributed by atoms with Crippen LogP contribution in [-0.2, 0) is 16.1 Å². The monoisotopic (exact) mass is 551 g/mol. The summed E-state index contributed by atoms with van der Waals surface area (Å²) >= 11 is 6.12. The summed E-state index contributed by atoms with van der Waals surface area (Å²) < 4.78 is 43.4. The van der Waals surface area contributed by atoms with E-state index in [4.69, 9.17) is 16.3 Å². The molecule has 3 rings (SSSR count). The van der Waals surface area contributed by atoms with Gasteiger partial charge in [-0.15, -0.1) is 0 Å². The minimum absolute atomic E-state index is 0.00484. The van der Waals surface area contributed by atoms with Crippen LogP contribution in [0.2, 0.25) is 5.02 Å². The third-order valence-electron chi connectivity index (χ3n) is 5.46. The Morgan fingerprint density at radius 1 is 1.05 bits per heavy atom. The number of alkyl halides is 2. The van der Waals surface area contributed by atoms with Crippen LogP contribution in [0.25, 0.3) is 10.8 Å². The molecular formula is C26H29ClF3N5O3. The number of aromatic nitrogens is 1. The number of rotatable bonds is 14. The van der Waals surface area contributed by atoms with Crippen molar-refractivity contribution in [3.8, 4) is 0 Å². The lowest BCUT2D eigenvalue weighted by Crippen LogP contribution is -2.43. The van der Waals surface area contributed by atoms with Gasteiger partial charge in [0.05, 0.1) is 19.1 Å². The number of nitrogens with one attached hydrogen (secondary N) is 4. The Kier molecular flexibility index (Phi) is 11.6. The number of pyridine rings is 1. The molecule has 0 saturated heterocycles. The average Bonchev–Trinajstić information content (AvgIpc) is 2.87. The number of ether oxygens (including phenoxy) is 1. The molecule has 1 heterocycles. The number of carbonyl (C=O) groups excluding carboxylic acids is 2. The van der Waals surface area contributed by atoms with Gasteiger partial charge in [-0.25, -0.2) is 22.9 Å². The van der Waals surface area contributed by atoms with Crippen LogP contribution in [-0.4, -0.2) is 55.7 Å². The summed E-state index contributed by atoms with van der Waals surface area (Å²) in [5, 5.41) is 12.8. The molecule has 3 aromatic rings. The van der Waals surface area contributed by atoms with Crippen LogP contribution >= 0.6 is 11.6 Å². The average molecular weight is 552 g/mol. The van der Waals surface area contributed by atoms with Crippen LogP contribution in [0.3, 0.4) is 0 Å². The SMILES string of the molecule is O=C(CNCc1ccccc1Cl)N[C@@H](CCCNCC(F)F)COC(=O)Nc1cc2cc(F)ccc2cn1. The Bertz CT molecular complexity index is 1220. The Morgan fingerprint density at radius 3 is 2.66 bits per heavy atom. The second kappa shape index (κ2) is 15.1. The highest BCUT2D eigenvalue weighted by Crippen LogP contribution is 2.18. The molecule has 0 saturated carbocycles. The minimum Gasteiger partial charge on any atom is -0.447 e. The molecule has 0 unspecified atom stereocenters. The molecule has 0 bridgehead atoms. The fourth-order valence-electron chi connectivity index (χ4n) is 3.61. The third kappa shape index (κ3) is 10.2. The van der Waals surface area contributed by atoms with Gasteiger partial charge < -0.3 is 20.7 Å². The molecule has 1 aromatic heterocycles. The van der Waals surface area contributed by atoms with Crippen molar-refractivity contribution < 1.29 is 27.5 Å². The number of anilines is 1. The van der Waals surface area contributed by atoms with Gasteiger partial charge in [-0.3, -0.25) is 10.1 Å². The molecule has 0 aliphatic carbocycles. The molecule has 0 aliphatic heterocycles. The maximum absolute atomic E-state index is 13.5. The lowest BCUT2D eigenvalue weighted by molar-refractivity contribution is -0.121. The summed E-state index contributed by atoms with van der Waals surface area (Å²) in [7, 11) is 0. The first-order valence-electron chi connectivity index (χ1n) is 12.0. The number of fused-ring (bicyclic) bond motifs is 1. The van der Waals surface area contributed by atoms with Gasteiger partial charge in [0.15, 0.2) is 0 Å². The van der Waals surface area contributed by atoms with Gasteiger partial charge in [-0.1, -0.05) is 29.8 Å². The Hall–Kier alpha value is -3.41. The fraction of sp³-hybridized carbons (Fsp3) is 0.346. The van der Waals surface area contributed by atoms with E-state index in [1.165, 1.54) is 24.4 Å². The Labute approximate surface area is 223 Å². The summed E-state index contributed by atoms with van der Waals surface area (Å²) in [5.41, 5.74) is 0.841. The summed E-state index contributed by atoms with van der Waals surface area (Å²) in [6, 6.07) is 12.4. The van der Waals surface area contributed by atoms with Crippen LogP contribution in [0, 0.1) is 5.82 Å². The summed E-state index contributed by atoms with van der Waals surface area (Å²) in [6.45, 7) is 0.112. The largest absolute Gasteiger partial charge is 0.447 e. The first kappa shape index (κ1) is 29.2. The van der Waals surface area contributed by atoms with Gasteiger partial charge in [0, 0.05) is 23.2 Å². The highest BCUT2D eigenvalue weighted by atomic mass is 35.5. The van der Waals surface area contributed by atoms with E-state index in [0.717, 1.165) is 5.56 Å². The number of halogens is 4. The van der Waals surface area contributed by atoms with E-state index >= 15 is 0 Å². The molecule has 8 nitrogen and oxygen atoms in total. The topological polar surface area (TPSA) is 104 Å². The maximum atomic E-state index is 13.5. The van der Waals surface area contributed by atoms with Gasteiger partial charge in [-0.2, -0.15) is 0 Å². The molecule has 2 amide bonds. The van der Waals surface area contributed by atoms with Gasteiger partial charge >= 0.3 is 6.09 Å². The molecule has 12 heteroatoms. The lowest BCUT2D eigenvalue weighted by Gasteiger charge is -2.19. The van der Waals surface area contributed by atoms with E-state index in [1.807, 2.05) is 18.2 Å². The van der Waals surface area contributed by atoms with Gasteiger partial charge in [-0.05, 0) is 60.7 Å². The van der Waals surface area contributed by atoms with Crippen LogP contribution in [0.1, 0.15) is 18.4 Å². The molecule has 4 N–H and O–H groups in total. The van der Waals surface area contributed by atoms with E-state index in [9.17, 15) is 22.8 Å². The number of benzene rings is 2. The van der Waals surface area contributed by atoms with Crippen molar-refractivity contribution in [1.82, 2.24) is 20.9 Å². The molecule has 2 aromatic carbocycles. The molecule has 0 aliphatic rings. The zero-order valence-corrected chi connectivity index (χ0v) is 21.2. The summed E-state index contributed by atoms with van der Waals surface area (Å²) in [4.78, 5) is 28.9. The van der Waals surface area contributed by atoms with Crippen molar-refractivity contribution in [3.63, 3.8) is 0 Å². The van der Waals surface area contributed by atoms with Crippen molar-refractivity contribution in [1.29, 1.82) is 0 Å². The van der Waals surface area contributed by atoms with Gasteiger partial charge in [0.2, 0.25) is 5.91 Å². The highest BCUT2D eigenvalue weighted by Gasteiger charge is 2.16. The zero-order valence-electron chi connectivity index (χ0n) is 20.5. The maximum Gasteiger partial charge on any atom is 0.412 e. The third-order valence-corrected chi connectivity index (χ3v) is 5.83. The predicted octanol–water partition coefficient (Wildman–Crippen LogP) is 4.49.